The zero-order valence-corrected chi connectivity index (χ0v) is 12.6. The van der Waals surface area contributed by atoms with Gasteiger partial charge in [-0.1, -0.05) is 12.1 Å². The van der Waals surface area contributed by atoms with E-state index in [4.69, 9.17) is 17.0 Å². The fourth-order valence-corrected chi connectivity index (χ4v) is 2.51. The topological polar surface area (TPSA) is 116 Å². The van der Waals surface area contributed by atoms with Gasteiger partial charge in [0.25, 0.3) is 0 Å². The fraction of sp³-hybridized carbons (Fsp3) is 0.0714. The molecule has 3 rings (SSSR count). The van der Waals surface area contributed by atoms with Crippen molar-refractivity contribution in [3.63, 3.8) is 0 Å². The molecule has 2 N–H and O–H groups in total. The number of aromatic nitrogens is 4. The Kier molecular flexibility index (Phi) is 3.51. The van der Waals surface area contributed by atoms with E-state index in [9.17, 15) is 14.9 Å². The van der Waals surface area contributed by atoms with Crippen molar-refractivity contribution in [3.8, 4) is 23.1 Å². The van der Waals surface area contributed by atoms with Crippen LogP contribution in [0.2, 0.25) is 0 Å². The molecular weight excluding hydrogens is 318 g/mol. The van der Waals surface area contributed by atoms with Gasteiger partial charge in [0.15, 0.2) is 5.65 Å². The molecule has 8 nitrogen and oxygen atoms in total. The van der Waals surface area contributed by atoms with E-state index >= 15 is 0 Å². The number of hydrogen-bond acceptors (Lipinski definition) is 6. The Labute approximate surface area is 133 Å². The molecule has 2 aromatic heterocycles. The van der Waals surface area contributed by atoms with Crippen molar-refractivity contribution in [2.45, 2.75) is 0 Å². The molecule has 0 saturated carbocycles. The number of methoxy groups -OCH3 is 1. The number of rotatable bonds is 2. The maximum absolute atomic E-state index is 11.9. The Balaban J connectivity index is 2.53. The third-order valence-corrected chi connectivity index (χ3v) is 3.54. The van der Waals surface area contributed by atoms with Crippen LogP contribution in [0.3, 0.4) is 0 Å². The molecule has 0 radical (unpaired) electrons. The molecule has 2 heterocycles. The summed E-state index contributed by atoms with van der Waals surface area (Å²) in [4.78, 5) is 27.5. The second kappa shape index (κ2) is 5.51. The molecule has 23 heavy (non-hydrogen) atoms. The highest BCUT2D eigenvalue weighted by Gasteiger charge is 2.18. The van der Waals surface area contributed by atoms with E-state index in [-0.39, 0.29) is 21.7 Å². The number of nitrogens with one attached hydrogen (secondary N) is 2. The van der Waals surface area contributed by atoms with E-state index in [1.165, 1.54) is 7.11 Å². The van der Waals surface area contributed by atoms with Crippen molar-refractivity contribution in [3.05, 3.63) is 55.3 Å². The van der Waals surface area contributed by atoms with Crippen molar-refractivity contribution < 1.29 is 4.74 Å². The minimum absolute atomic E-state index is 0.0662. The van der Waals surface area contributed by atoms with Crippen LogP contribution in [0.5, 0.6) is 5.75 Å². The predicted molar refractivity (Wildman–Crippen MR) is 84.0 cm³/mol. The lowest BCUT2D eigenvalue weighted by atomic mass is 10.1. The lowest BCUT2D eigenvalue weighted by molar-refractivity contribution is 0.416. The van der Waals surface area contributed by atoms with Crippen LogP contribution in [0.15, 0.2) is 33.9 Å². The molecule has 0 amide bonds. The highest BCUT2D eigenvalue weighted by atomic mass is 32.1. The number of ether oxygens (including phenoxy) is 1. The molecule has 0 bridgehead atoms. The zero-order chi connectivity index (χ0) is 16.6. The van der Waals surface area contributed by atoms with Crippen LogP contribution in [0.1, 0.15) is 5.56 Å². The van der Waals surface area contributed by atoms with Crippen LogP contribution in [0.4, 0.5) is 0 Å². The van der Waals surface area contributed by atoms with E-state index in [0.29, 0.717) is 11.3 Å². The summed E-state index contributed by atoms with van der Waals surface area (Å²) in [6.45, 7) is 0. The number of nitrogens with zero attached hydrogens (tertiary/aromatic N) is 3. The summed E-state index contributed by atoms with van der Waals surface area (Å²) < 4.78 is 6.04. The average molecular weight is 327 g/mol. The predicted octanol–water partition coefficient (Wildman–Crippen LogP) is 0.988. The van der Waals surface area contributed by atoms with Gasteiger partial charge in [0.1, 0.15) is 17.4 Å². The normalized spacial score (nSPS) is 10.4. The van der Waals surface area contributed by atoms with Gasteiger partial charge < -0.3 is 4.74 Å². The molecule has 0 saturated heterocycles. The van der Waals surface area contributed by atoms with Crippen molar-refractivity contribution in [1.82, 2.24) is 19.6 Å². The molecule has 9 heteroatoms. The smallest absolute Gasteiger partial charge is 0.328 e. The third-order valence-electron chi connectivity index (χ3n) is 3.26. The van der Waals surface area contributed by atoms with E-state index in [1.807, 2.05) is 6.07 Å². The van der Waals surface area contributed by atoms with Crippen LogP contribution in [-0.4, -0.2) is 26.7 Å². The lowest BCUT2D eigenvalue weighted by Crippen LogP contribution is -2.35. The van der Waals surface area contributed by atoms with Crippen molar-refractivity contribution in [2.75, 3.05) is 7.11 Å². The minimum Gasteiger partial charge on any atom is -0.496 e. The maximum Gasteiger partial charge on any atom is 0.328 e. The summed E-state index contributed by atoms with van der Waals surface area (Å²) in [6.07, 6.45) is 0. The van der Waals surface area contributed by atoms with Crippen molar-refractivity contribution in [1.29, 1.82) is 5.26 Å². The Hall–Kier alpha value is -3.25. The summed E-state index contributed by atoms with van der Waals surface area (Å²) in [5.74, 6) is 0.502. The van der Waals surface area contributed by atoms with E-state index < -0.39 is 11.1 Å². The first-order valence-corrected chi connectivity index (χ1v) is 6.80. The second-order valence-corrected chi connectivity index (χ2v) is 4.86. The standard InChI is InChI=1S/C14H9N5O3S/c1-22-9-5-3-2-4-7(9)10-8(6-15)11-17-18-12(20)13(21)19(11)14(23)16-10/h2-5,17H,1H3,(H,18,20). The monoisotopic (exact) mass is 327 g/mol. The molecule has 1 aromatic carbocycles. The molecule has 0 aliphatic heterocycles. The number of aromatic amines is 2. The van der Waals surface area contributed by atoms with E-state index in [1.54, 1.807) is 24.3 Å². The first-order valence-electron chi connectivity index (χ1n) is 6.39. The summed E-state index contributed by atoms with van der Waals surface area (Å²) >= 11 is 5.10. The number of H-pyrrole nitrogens is 2. The molecule has 0 aliphatic rings. The minimum atomic E-state index is -0.903. The molecule has 0 fully saturated rings. The lowest BCUT2D eigenvalue weighted by Gasteiger charge is -2.10. The fourth-order valence-electron chi connectivity index (χ4n) is 2.24. The summed E-state index contributed by atoms with van der Waals surface area (Å²) in [5.41, 5.74) is -0.844. The summed E-state index contributed by atoms with van der Waals surface area (Å²) in [7, 11) is 1.49. The van der Waals surface area contributed by atoms with Crippen LogP contribution in [0.25, 0.3) is 16.9 Å². The Bertz CT molecular complexity index is 1140. The van der Waals surface area contributed by atoms with Gasteiger partial charge in [0.05, 0.1) is 12.8 Å². The van der Waals surface area contributed by atoms with Crippen LogP contribution in [-0.2, 0) is 0 Å². The third kappa shape index (κ3) is 2.21. The number of benzene rings is 1. The Morgan fingerprint density at radius 3 is 2.74 bits per heavy atom. The number of hydrogen-bond donors (Lipinski definition) is 2. The largest absolute Gasteiger partial charge is 0.496 e. The second-order valence-electron chi connectivity index (χ2n) is 4.50. The summed E-state index contributed by atoms with van der Waals surface area (Å²) in [5, 5.41) is 14.2. The molecule has 3 aromatic rings. The number of para-hydroxylation sites is 1. The molecule has 0 spiro atoms. The molecule has 114 valence electrons. The first kappa shape index (κ1) is 14.7. The van der Waals surface area contributed by atoms with Crippen molar-refractivity contribution in [2.24, 2.45) is 0 Å². The van der Waals surface area contributed by atoms with E-state index in [2.05, 4.69) is 15.2 Å². The van der Waals surface area contributed by atoms with Crippen LogP contribution in [0, 0.1) is 16.1 Å². The molecule has 0 unspecified atom stereocenters. The van der Waals surface area contributed by atoms with Gasteiger partial charge in [-0.2, -0.15) is 5.26 Å². The first-order chi connectivity index (χ1) is 11.1. The molecule has 0 aliphatic carbocycles. The quantitative estimate of drug-likeness (QED) is 0.535. The molecule has 0 atom stereocenters. The molecular formula is C14H9N5O3S. The van der Waals surface area contributed by atoms with Gasteiger partial charge in [-0.15, -0.1) is 0 Å². The van der Waals surface area contributed by atoms with Crippen LogP contribution >= 0.6 is 12.2 Å². The Morgan fingerprint density at radius 2 is 2.04 bits per heavy atom. The van der Waals surface area contributed by atoms with Gasteiger partial charge in [-0.05, 0) is 24.4 Å². The van der Waals surface area contributed by atoms with Gasteiger partial charge in [0.2, 0.25) is 4.77 Å². The average Bonchev–Trinajstić information content (AvgIpc) is 2.57. The number of fused-ring (bicyclic) bond motifs is 1. The zero-order valence-electron chi connectivity index (χ0n) is 11.8. The SMILES string of the molecule is COc1ccccc1-c1nc(=S)n2c(=O)c(=O)[nH][nH]c2c1C#N. The van der Waals surface area contributed by atoms with Gasteiger partial charge in [-0.3, -0.25) is 19.8 Å². The Morgan fingerprint density at radius 1 is 1.30 bits per heavy atom. The maximum atomic E-state index is 11.9. The van der Waals surface area contributed by atoms with Gasteiger partial charge in [-0.25, -0.2) is 9.38 Å². The highest BCUT2D eigenvalue weighted by molar-refractivity contribution is 7.71. The van der Waals surface area contributed by atoms with Crippen molar-refractivity contribution >= 4 is 17.9 Å². The van der Waals surface area contributed by atoms with Crippen LogP contribution < -0.4 is 15.9 Å². The van der Waals surface area contributed by atoms with Gasteiger partial charge >= 0.3 is 11.1 Å². The van der Waals surface area contributed by atoms with E-state index in [0.717, 1.165) is 4.40 Å². The highest BCUT2D eigenvalue weighted by Crippen LogP contribution is 2.31. The van der Waals surface area contributed by atoms with Gasteiger partial charge in [0, 0.05) is 5.56 Å². The summed E-state index contributed by atoms with van der Waals surface area (Å²) in [6, 6.07) is 8.96. The number of nitriles is 1.